The van der Waals surface area contributed by atoms with E-state index in [1.165, 1.54) is 0 Å². The molecule has 0 bridgehead atoms. The van der Waals surface area contributed by atoms with Crippen LogP contribution in [0.2, 0.25) is 0 Å². The van der Waals surface area contributed by atoms with Crippen LogP contribution in [0.5, 0.6) is 11.5 Å². The van der Waals surface area contributed by atoms with Crippen molar-refractivity contribution in [2.75, 3.05) is 51.3 Å². The molecule has 0 aliphatic carbocycles. The largest absolute Gasteiger partial charge is 0.486 e. The third-order valence-electron chi connectivity index (χ3n) is 3.90. The maximum Gasteiger partial charge on any atom is 0.321 e. The molecule has 0 atom stereocenters. The van der Waals surface area contributed by atoms with Crippen LogP contribution in [0.1, 0.15) is 6.92 Å². The summed E-state index contributed by atoms with van der Waals surface area (Å²) in [5.41, 5.74) is 0.738. The monoisotopic (exact) mass is 291 g/mol. The summed E-state index contributed by atoms with van der Waals surface area (Å²) in [5.74, 6) is 1.42. The van der Waals surface area contributed by atoms with Crippen LogP contribution in [0.3, 0.4) is 0 Å². The Balaban J connectivity index is 1.60. The molecule has 0 radical (unpaired) electrons. The molecule has 2 aliphatic heterocycles. The van der Waals surface area contributed by atoms with E-state index in [1.54, 1.807) is 0 Å². The highest BCUT2D eigenvalue weighted by Crippen LogP contribution is 2.32. The molecule has 0 aromatic heterocycles. The summed E-state index contributed by atoms with van der Waals surface area (Å²) >= 11 is 0. The quantitative estimate of drug-likeness (QED) is 0.900. The van der Waals surface area contributed by atoms with Gasteiger partial charge in [-0.25, -0.2) is 4.79 Å². The fourth-order valence-electron chi connectivity index (χ4n) is 2.59. The number of benzene rings is 1. The first-order valence-electron chi connectivity index (χ1n) is 7.44. The smallest absolute Gasteiger partial charge is 0.321 e. The topological polar surface area (TPSA) is 54.0 Å². The number of carbonyl (C=O) groups is 1. The number of hydrogen-bond acceptors (Lipinski definition) is 4. The molecular formula is C15H21N3O3. The predicted molar refractivity (Wildman–Crippen MR) is 80.1 cm³/mol. The van der Waals surface area contributed by atoms with Gasteiger partial charge in [0.05, 0.1) is 0 Å². The Morgan fingerprint density at radius 3 is 2.57 bits per heavy atom. The molecule has 2 heterocycles. The number of nitrogens with zero attached hydrogens (tertiary/aromatic N) is 2. The first-order valence-corrected chi connectivity index (χ1v) is 7.44. The van der Waals surface area contributed by atoms with E-state index in [9.17, 15) is 4.79 Å². The minimum atomic E-state index is -0.0533. The Morgan fingerprint density at radius 1 is 1.14 bits per heavy atom. The second-order valence-corrected chi connectivity index (χ2v) is 5.21. The summed E-state index contributed by atoms with van der Waals surface area (Å²) in [6.45, 7) is 7.71. The van der Waals surface area contributed by atoms with Crippen molar-refractivity contribution in [1.82, 2.24) is 9.80 Å². The van der Waals surface area contributed by atoms with Crippen molar-refractivity contribution in [3.63, 3.8) is 0 Å². The molecule has 0 saturated carbocycles. The van der Waals surface area contributed by atoms with Gasteiger partial charge in [0.2, 0.25) is 0 Å². The van der Waals surface area contributed by atoms with Gasteiger partial charge in [0.15, 0.2) is 11.5 Å². The molecule has 21 heavy (non-hydrogen) atoms. The van der Waals surface area contributed by atoms with Crippen LogP contribution in [0.4, 0.5) is 10.5 Å². The highest BCUT2D eigenvalue weighted by molar-refractivity contribution is 5.89. The van der Waals surface area contributed by atoms with Crippen molar-refractivity contribution < 1.29 is 14.3 Å². The van der Waals surface area contributed by atoms with Gasteiger partial charge in [-0.2, -0.15) is 0 Å². The van der Waals surface area contributed by atoms with E-state index in [-0.39, 0.29) is 6.03 Å². The number of nitrogens with one attached hydrogen (secondary N) is 1. The molecule has 1 fully saturated rings. The lowest BCUT2D eigenvalue weighted by molar-refractivity contribution is 0.151. The van der Waals surface area contributed by atoms with Gasteiger partial charge in [0.25, 0.3) is 0 Å². The third kappa shape index (κ3) is 3.21. The Morgan fingerprint density at radius 2 is 1.86 bits per heavy atom. The predicted octanol–water partition coefficient (Wildman–Crippen LogP) is 1.63. The molecule has 1 saturated heterocycles. The summed E-state index contributed by atoms with van der Waals surface area (Å²) in [6.07, 6.45) is 0. The summed E-state index contributed by atoms with van der Waals surface area (Å²) in [4.78, 5) is 16.4. The molecule has 1 aromatic rings. The SMILES string of the molecule is CCN1CCN(C(=O)Nc2ccc3c(c2)OCCO3)CC1. The molecule has 2 aliphatic rings. The number of rotatable bonds is 2. The summed E-state index contributed by atoms with van der Waals surface area (Å²) < 4.78 is 11.0. The van der Waals surface area contributed by atoms with Crippen LogP contribution in [0.15, 0.2) is 18.2 Å². The van der Waals surface area contributed by atoms with E-state index in [0.29, 0.717) is 19.0 Å². The molecule has 2 amide bonds. The zero-order chi connectivity index (χ0) is 14.7. The molecule has 0 unspecified atom stereocenters. The van der Waals surface area contributed by atoms with E-state index in [4.69, 9.17) is 9.47 Å². The molecule has 6 heteroatoms. The minimum Gasteiger partial charge on any atom is -0.486 e. The molecule has 1 N–H and O–H groups in total. The maximum absolute atomic E-state index is 12.3. The van der Waals surface area contributed by atoms with Crippen molar-refractivity contribution in [3.8, 4) is 11.5 Å². The molecule has 1 aromatic carbocycles. The zero-order valence-corrected chi connectivity index (χ0v) is 12.3. The van der Waals surface area contributed by atoms with Crippen molar-refractivity contribution in [2.45, 2.75) is 6.92 Å². The average molecular weight is 291 g/mol. The van der Waals surface area contributed by atoms with Gasteiger partial charge in [-0.15, -0.1) is 0 Å². The number of ether oxygens (including phenoxy) is 2. The van der Waals surface area contributed by atoms with Crippen molar-refractivity contribution >= 4 is 11.7 Å². The zero-order valence-electron chi connectivity index (χ0n) is 12.3. The Kier molecular flexibility index (Phi) is 4.15. The van der Waals surface area contributed by atoms with Gasteiger partial charge < -0.3 is 24.6 Å². The lowest BCUT2D eigenvalue weighted by atomic mass is 10.2. The van der Waals surface area contributed by atoms with Crippen LogP contribution >= 0.6 is 0 Å². The molecule has 114 valence electrons. The summed E-state index contributed by atoms with van der Waals surface area (Å²) in [6, 6.07) is 5.43. The summed E-state index contributed by atoms with van der Waals surface area (Å²) in [7, 11) is 0. The van der Waals surface area contributed by atoms with Crippen molar-refractivity contribution in [3.05, 3.63) is 18.2 Å². The number of hydrogen-bond donors (Lipinski definition) is 1. The Labute approximate surface area is 124 Å². The third-order valence-corrected chi connectivity index (χ3v) is 3.90. The highest BCUT2D eigenvalue weighted by atomic mass is 16.6. The number of fused-ring (bicyclic) bond motifs is 1. The van der Waals surface area contributed by atoms with Crippen LogP contribution in [-0.4, -0.2) is 61.8 Å². The molecule has 3 rings (SSSR count). The maximum atomic E-state index is 12.3. The van der Waals surface area contributed by atoms with Crippen molar-refractivity contribution in [1.29, 1.82) is 0 Å². The van der Waals surface area contributed by atoms with Gasteiger partial charge in [-0.1, -0.05) is 6.92 Å². The number of amides is 2. The second kappa shape index (κ2) is 6.22. The van der Waals surface area contributed by atoms with E-state index in [1.807, 2.05) is 23.1 Å². The van der Waals surface area contributed by atoms with Crippen LogP contribution in [0, 0.1) is 0 Å². The molecular weight excluding hydrogens is 270 g/mol. The van der Waals surface area contributed by atoms with Crippen LogP contribution in [-0.2, 0) is 0 Å². The van der Waals surface area contributed by atoms with E-state index in [2.05, 4.69) is 17.1 Å². The van der Waals surface area contributed by atoms with Crippen LogP contribution < -0.4 is 14.8 Å². The number of carbonyl (C=O) groups excluding carboxylic acids is 1. The standard InChI is InChI=1S/C15H21N3O3/c1-2-17-5-7-18(8-6-17)15(19)16-12-3-4-13-14(11-12)21-10-9-20-13/h3-4,11H,2,5-10H2,1H3,(H,16,19). The first-order chi connectivity index (χ1) is 10.3. The first kappa shape index (κ1) is 14.0. The lowest BCUT2D eigenvalue weighted by Gasteiger charge is -2.34. The fourth-order valence-corrected chi connectivity index (χ4v) is 2.59. The number of anilines is 1. The van der Waals surface area contributed by atoms with Gasteiger partial charge in [-0.3, -0.25) is 0 Å². The molecule has 0 spiro atoms. The Hall–Kier alpha value is -1.95. The van der Waals surface area contributed by atoms with Gasteiger partial charge in [-0.05, 0) is 18.7 Å². The summed E-state index contributed by atoms with van der Waals surface area (Å²) in [5, 5.41) is 2.93. The normalized spacial score (nSPS) is 18.4. The number of likely N-dealkylation sites (N-methyl/N-ethyl adjacent to an activating group) is 1. The van der Waals surface area contributed by atoms with E-state index < -0.39 is 0 Å². The fraction of sp³-hybridized carbons (Fsp3) is 0.533. The highest BCUT2D eigenvalue weighted by Gasteiger charge is 2.20. The second-order valence-electron chi connectivity index (χ2n) is 5.21. The Bertz CT molecular complexity index is 513. The van der Waals surface area contributed by atoms with Gasteiger partial charge in [0, 0.05) is 37.9 Å². The molecule has 6 nitrogen and oxygen atoms in total. The number of urea groups is 1. The van der Waals surface area contributed by atoms with Crippen molar-refractivity contribution in [2.24, 2.45) is 0 Å². The van der Waals surface area contributed by atoms with Crippen LogP contribution in [0.25, 0.3) is 0 Å². The lowest BCUT2D eigenvalue weighted by Crippen LogP contribution is -2.49. The minimum absolute atomic E-state index is 0.0533. The van der Waals surface area contributed by atoms with E-state index >= 15 is 0 Å². The average Bonchev–Trinajstić information content (AvgIpc) is 2.55. The van der Waals surface area contributed by atoms with Gasteiger partial charge >= 0.3 is 6.03 Å². The van der Waals surface area contributed by atoms with E-state index in [0.717, 1.165) is 44.2 Å². The number of piperazine rings is 1. The van der Waals surface area contributed by atoms with Gasteiger partial charge in [0.1, 0.15) is 13.2 Å².